The van der Waals surface area contributed by atoms with Gasteiger partial charge in [0.05, 0.1) is 17.8 Å². The van der Waals surface area contributed by atoms with Crippen molar-refractivity contribution in [1.82, 2.24) is 9.97 Å². The van der Waals surface area contributed by atoms with Gasteiger partial charge < -0.3 is 5.32 Å². The first-order chi connectivity index (χ1) is 8.78. The van der Waals surface area contributed by atoms with E-state index in [2.05, 4.69) is 20.6 Å². The molecule has 1 aromatic carbocycles. The quantitative estimate of drug-likeness (QED) is 0.838. The zero-order chi connectivity index (χ0) is 12.8. The van der Waals surface area contributed by atoms with Crippen LogP contribution in [-0.4, -0.2) is 16.0 Å². The topological polar surface area (TPSA) is 90.7 Å². The number of carbonyl (C=O) groups excluding carboxylic acids is 1. The van der Waals surface area contributed by atoms with Crippen LogP contribution in [0.1, 0.15) is 5.56 Å². The Balaban J connectivity index is 1.97. The lowest BCUT2D eigenvalue weighted by atomic mass is 10.2. The van der Waals surface area contributed by atoms with Crippen LogP contribution in [0.5, 0.6) is 0 Å². The lowest BCUT2D eigenvalue weighted by Gasteiger charge is -2.06. The van der Waals surface area contributed by atoms with Gasteiger partial charge in [-0.1, -0.05) is 0 Å². The highest BCUT2D eigenvalue weighted by molar-refractivity contribution is 5.99. The van der Waals surface area contributed by atoms with E-state index in [1.165, 1.54) is 18.6 Å². The summed E-state index contributed by atoms with van der Waals surface area (Å²) in [6.07, 6.45) is 4.44. The van der Waals surface area contributed by atoms with E-state index in [9.17, 15) is 4.79 Å². The number of nitrogens with zero attached hydrogens (tertiary/aromatic N) is 3. The van der Waals surface area contributed by atoms with E-state index in [0.29, 0.717) is 17.1 Å². The molecular formula is C12H9N5O. The van der Waals surface area contributed by atoms with Crippen LogP contribution < -0.4 is 10.6 Å². The van der Waals surface area contributed by atoms with Gasteiger partial charge in [-0.15, -0.1) is 0 Å². The molecule has 0 spiro atoms. The number of nitriles is 1. The van der Waals surface area contributed by atoms with Crippen LogP contribution in [0.25, 0.3) is 0 Å². The average molecular weight is 239 g/mol. The molecule has 0 fully saturated rings. The van der Waals surface area contributed by atoms with Gasteiger partial charge in [0.15, 0.2) is 5.82 Å². The lowest BCUT2D eigenvalue weighted by molar-refractivity contribution is 0.262. The molecule has 0 saturated carbocycles. The molecule has 6 heteroatoms. The molecule has 6 nitrogen and oxygen atoms in total. The number of carbonyl (C=O) groups is 1. The molecular weight excluding hydrogens is 230 g/mol. The van der Waals surface area contributed by atoms with Crippen LogP contribution in [-0.2, 0) is 0 Å². The van der Waals surface area contributed by atoms with E-state index in [1.807, 2.05) is 6.07 Å². The number of hydrogen-bond donors (Lipinski definition) is 2. The van der Waals surface area contributed by atoms with Gasteiger partial charge in [-0.05, 0) is 24.3 Å². The summed E-state index contributed by atoms with van der Waals surface area (Å²) in [5, 5.41) is 13.8. The molecule has 0 saturated heterocycles. The second kappa shape index (κ2) is 5.41. The van der Waals surface area contributed by atoms with Crippen molar-refractivity contribution in [2.24, 2.45) is 0 Å². The van der Waals surface area contributed by atoms with Crippen molar-refractivity contribution in [3.8, 4) is 6.07 Å². The predicted octanol–water partition coefficient (Wildman–Crippen LogP) is 1.99. The molecule has 0 aliphatic carbocycles. The molecule has 0 bridgehead atoms. The van der Waals surface area contributed by atoms with Gasteiger partial charge in [-0.2, -0.15) is 5.26 Å². The number of anilines is 2. The normalized spacial score (nSPS) is 9.28. The van der Waals surface area contributed by atoms with Gasteiger partial charge in [0.25, 0.3) is 0 Å². The number of rotatable bonds is 2. The fourth-order valence-corrected chi connectivity index (χ4v) is 1.27. The Bertz CT molecular complexity index is 574. The van der Waals surface area contributed by atoms with Crippen molar-refractivity contribution in [2.75, 3.05) is 10.6 Å². The smallest absolute Gasteiger partial charge is 0.308 e. The molecule has 2 amide bonds. The fraction of sp³-hybridized carbons (Fsp3) is 0. The summed E-state index contributed by atoms with van der Waals surface area (Å²) in [6.45, 7) is 0. The molecule has 2 rings (SSSR count). The van der Waals surface area contributed by atoms with Crippen LogP contribution in [0.3, 0.4) is 0 Å². The molecule has 2 aromatic rings. The Hall–Kier alpha value is -2.94. The zero-order valence-corrected chi connectivity index (χ0v) is 9.29. The summed E-state index contributed by atoms with van der Waals surface area (Å²) in [4.78, 5) is 19.3. The summed E-state index contributed by atoms with van der Waals surface area (Å²) in [5.41, 5.74) is 1.13. The Labute approximate surface area is 103 Å². The summed E-state index contributed by atoms with van der Waals surface area (Å²) >= 11 is 0. The van der Waals surface area contributed by atoms with Crippen molar-refractivity contribution >= 4 is 17.5 Å². The maximum atomic E-state index is 11.6. The number of hydrogen-bond acceptors (Lipinski definition) is 4. The number of aromatic nitrogens is 2. The third-order valence-corrected chi connectivity index (χ3v) is 2.08. The average Bonchev–Trinajstić information content (AvgIpc) is 2.40. The SMILES string of the molecule is N#Cc1ccc(NC(=O)Nc2cnccn2)cc1. The van der Waals surface area contributed by atoms with Crippen LogP contribution in [0, 0.1) is 11.3 Å². The molecule has 88 valence electrons. The first-order valence-corrected chi connectivity index (χ1v) is 5.12. The van der Waals surface area contributed by atoms with Crippen LogP contribution in [0.4, 0.5) is 16.3 Å². The van der Waals surface area contributed by atoms with Gasteiger partial charge in [0.2, 0.25) is 0 Å². The molecule has 0 aliphatic rings. The minimum absolute atomic E-state index is 0.364. The summed E-state index contributed by atoms with van der Waals surface area (Å²) < 4.78 is 0. The number of benzene rings is 1. The maximum absolute atomic E-state index is 11.6. The van der Waals surface area contributed by atoms with Gasteiger partial charge in [0, 0.05) is 18.1 Å². The molecule has 1 aromatic heterocycles. The first-order valence-electron chi connectivity index (χ1n) is 5.12. The van der Waals surface area contributed by atoms with Crippen LogP contribution in [0.2, 0.25) is 0 Å². The Morgan fingerprint density at radius 2 is 1.94 bits per heavy atom. The van der Waals surface area contributed by atoms with Crippen LogP contribution >= 0.6 is 0 Å². The number of nitrogens with one attached hydrogen (secondary N) is 2. The van der Waals surface area contributed by atoms with Crippen LogP contribution in [0.15, 0.2) is 42.9 Å². The van der Waals surface area contributed by atoms with Crippen molar-refractivity contribution in [1.29, 1.82) is 5.26 Å². The highest BCUT2D eigenvalue weighted by atomic mass is 16.2. The van der Waals surface area contributed by atoms with Crippen molar-refractivity contribution < 1.29 is 4.79 Å². The highest BCUT2D eigenvalue weighted by Crippen LogP contribution is 2.09. The third-order valence-electron chi connectivity index (χ3n) is 2.08. The lowest BCUT2D eigenvalue weighted by Crippen LogP contribution is -2.20. The summed E-state index contributed by atoms with van der Waals surface area (Å²) in [6, 6.07) is 8.13. The summed E-state index contributed by atoms with van der Waals surface area (Å²) in [5.74, 6) is 0.364. The standard InChI is InChI=1S/C12H9N5O/c13-7-9-1-3-10(4-2-9)16-12(18)17-11-8-14-5-6-15-11/h1-6,8H,(H2,15,16,17,18). The van der Waals surface area contributed by atoms with Gasteiger partial charge in [-0.25, -0.2) is 9.78 Å². The van der Waals surface area contributed by atoms with E-state index in [-0.39, 0.29) is 0 Å². The first kappa shape index (κ1) is 11.5. The Morgan fingerprint density at radius 1 is 1.17 bits per heavy atom. The van der Waals surface area contributed by atoms with Crippen molar-refractivity contribution in [3.05, 3.63) is 48.4 Å². The van der Waals surface area contributed by atoms with E-state index in [4.69, 9.17) is 5.26 Å². The minimum atomic E-state index is -0.416. The van der Waals surface area contributed by atoms with E-state index >= 15 is 0 Å². The van der Waals surface area contributed by atoms with Crippen molar-refractivity contribution in [3.63, 3.8) is 0 Å². The monoisotopic (exact) mass is 239 g/mol. The molecule has 0 radical (unpaired) electrons. The minimum Gasteiger partial charge on any atom is -0.308 e. The van der Waals surface area contributed by atoms with Gasteiger partial charge in [-0.3, -0.25) is 10.3 Å². The predicted molar refractivity (Wildman–Crippen MR) is 65.8 cm³/mol. The highest BCUT2D eigenvalue weighted by Gasteiger charge is 2.03. The van der Waals surface area contributed by atoms with E-state index in [0.717, 1.165) is 0 Å². The largest absolute Gasteiger partial charge is 0.324 e. The third kappa shape index (κ3) is 3.02. The second-order valence-corrected chi connectivity index (χ2v) is 3.36. The molecule has 1 heterocycles. The van der Waals surface area contributed by atoms with Crippen molar-refractivity contribution in [2.45, 2.75) is 0 Å². The maximum Gasteiger partial charge on any atom is 0.324 e. The summed E-state index contributed by atoms with van der Waals surface area (Å²) in [7, 11) is 0. The second-order valence-electron chi connectivity index (χ2n) is 3.36. The molecule has 18 heavy (non-hydrogen) atoms. The van der Waals surface area contributed by atoms with E-state index in [1.54, 1.807) is 24.3 Å². The van der Waals surface area contributed by atoms with E-state index < -0.39 is 6.03 Å². The zero-order valence-electron chi connectivity index (χ0n) is 9.29. The number of amides is 2. The van der Waals surface area contributed by atoms with Gasteiger partial charge >= 0.3 is 6.03 Å². The molecule has 0 unspecified atom stereocenters. The molecule has 0 atom stereocenters. The Kier molecular flexibility index (Phi) is 3.47. The molecule has 0 aliphatic heterocycles. The fourth-order valence-electron chi connectivity index (χ4n) is 1.27. The number of urea groups is 1. The Morgan fingerprint density at radius 3 is 2.56 bits per heavy atom. The van der Waals surface area contributed by atoms with Gasteiger partial charge in [0.1, 0.15) is 0 Å². The molecule has 2 N–H and O–H groups in total.